The first-order chi connectivity index (χ1) is 17.8. The highest BCUT2D eigenvalue weighted by molar-refractivity contribution is 7.17. The maximum atomic E-state index is 13.7. The highest BCUT2D eigenvalue weighted by Gasteiger charge is 2.48. The van der Waals surface area contributed by atoms with Crippen LogP contribution in [0.4, 0.5) is 9.52 Å². The Labute approximate surface area is 217 Å². The molecule has 192 valence electrons. The molecule has 1 aliphatic heterocycles. The van der Waals surface area contributed by atoms with Crippen molar-refractivity contribution in [1.82, 2.24) is 4.98 Å². The molecule has 1 N–H and O–H groups in total. The van der Waals surface area contributed by atoms with Crippen LogP contribution in [-0.4, -0.2) is 41.0 Å². The number of aliphatic hydroxyl groups excluding tert-OH is 1. The average Bonchev–Trinajstić information content (AvgIpc) is 3.40. The lowest BCUT2D eigenvalue weighted by Gasteiger charge is -2.23. The monoisotopic (exact) mass is 524 g/mol. The number of nitrogens with zero attached hydrogens (tertiary/aromatic N) is 2. The van der Waals surface area contributed by atoms with Crippen LogP contribution in [0.25, 0.3) is 5.76 Å². The highest BCUT2D eigenvalue weighted by Crippen LogP contribution is 2.44. The van der Waals surface area contributed by atoms with E-state index in [4.69, 9.17) is 9.47 Å². The van der Waals surface area contributed by atoms with Crippen molar-refractivity contribution in [2.24, 2.45) is 0 Å². The number of esters is 1. The van der Waals surface area contributed by atoms with Gasteiger partial charge in [-0.25, -0.2) is 14.2 Å². The van der Waals surface area contributed by atoms with Crippen LogP contribution in [0.1, 0.15) is 52.8 Å². The largest absolute Gasteiger partial charge is 0.507 e. The van der Waals surface area contributed by atoms with Gasteiger partial charge in [0.05, 0.1) is 30.5 Å². The number of amides is 1. The first-order valence-electron chi connectivity index (χ1n) is 11.7. The number of hydrogen-bond acceptors (Lipinski definition) is 8. The number of hydrogen-bond donors (Lipinski definition) is 1. The summed E-state index contributed by atoms with van der Waals surface area (Å²) >= 11 is 0.904. The van der Waals surface area contributed by atoms with Crippen molar-refractivity contribution < 1.29 is 33.4 Å². The predicted octanol–water partition coefficient (Wildman–Crippen LogP) is 5.18. The molecular weight excluding hydrogens is 499 g/mol. The van der Waals surface area contributed by atoms with Crippen molar-refractivity contribution in [3.8, 4) is 5.75 Å². The molecule has 0 aliphatic carbocycles. The summed E-state index contributed by atoms with van der Waals surface area (Å²) in [5.41, 5.74) is 0.845. The number of carbonyl (C=O) groups excluding carboxylic acids is 3. The predicted molar refractivity (Wildman–Crippen MR) is 136 cm³/mol. The molecule has 1 saturated heterocycles. The van der Waals surface area contributed by atoms with Crippen molar-refractivity contribution in [2.45, 2.75) is 33.2 Å². The maximum absolute atomic E-state index is 13.7. The number of aryl methyl sites for hydroxylation is 1. The number of aliphatic hydroxyl groups is 1. The van der Waals surface area contributed by atoms with Gasteiger partial charge in [0.25, 0.3) is 5.78 Å². The van der Waals surface area contributed by atoms with E-state index in [1.165, 1.54) is 24.3 Å². The maximum Gasteiger partial charge on any atom is 0.350 e. The molecule has 1 fully saturated rings. The Morgan fingerprint density at radius 1 is 1.11 bits per heavy atom. The Morgan fingerprint density at radius 2 is 1.78 bits per heavy atom. The summed E-state index contributed by atoms with van der Waals surface area (Å²) in [6, 6.07) is 10.6. The topological polar surface area (TPSA) is 106 Å². The zero-order valence-corrected chi connectivity index (χ0v) is 21.3. The summed E-state index contributed by atoms with van der Waals surface area (Å²) in [7, 11) is 0. The van der Waals surface area contributed by atoms with Crippen LogP contribution in [-0.2, 0) is 14.3 Å². The van der Waals surface area contributed by atoms with Crippen LogP contribution in [0.3, 0.4) is 0 Å². The van der Waals surface area contributed by atoms with E-state index in [-0.39, 0.29) is 22.2 Å². The number of anilines is 1. The van der Waals surface area contributed by atoms with E-state index in [1.54, 1.807) is 38.1 Å². The van der Waals surface area contributed by atoms with E-state index in [0.29, 0.717) is 29.2 Å². The number of ether oxygens (including phenoxy) is 2. The van der Waals surface area contributed by atoms with Gasteiger partial charge in [-0.1, -0.05) is 30.4 Å². The summed E-state index contributed by atoms with van der Waals surface area (Å²) in [4.78, 5) is 44.6. The number of benzene rings is 2. The molecule has 0 radical (unpaired) electrons. The highest BCUT2D eigenvalue weighted by atomic mass is 32.1. The third-order valence-corrected chi connectivity index (χ3v) is 6.82. The Kier molecular flexibility index (Phi) is 7.68. The van der Waals surface area contributed by atoms with E-state index < -0.39 is 35.3 Å². The molecule has 1 aromatic heterocycles. The molecule has 37 heavy (non-hydrogen) atoms. The first kappa shape index (κ1) is 26.0. The molecule has 4 rings (SSSR count). The lowest BCUT2D eigenvalue weighted by atomic mass is 9.95. The van der Waals surface area contributed by atoms with Gasteiger partial charge in [-0.15, -0.1) is 0 Å². The quantitative estimate of drug-likeness (QED) is 0.187. The fourth-order valence-electron chi connectivity index (χ4n) is 3.95. The molecular formula is C27H25FN2O6S. The molecule has 1 aliphatic rings. The molecule has 0 unspecified atom stereocenters. The molecule has 0 bridgehead atoms. The Morgan fingerprint density at radius 3 is 2.41 bits per heavy atom. The second kappa shape index (κ2) is 10.9. The molecule has 1 amide bonds. The van der Waals surface area contributed by atoms with Crippen molar-refractivity contribution in [2.75, 3.05) is 18.1 Å². The van der Waals surface area contributed by atoms with Gasteiger partial charge >= 0.3 is 11.9 Å². The third-order valence-electron chi connectivity index (χ3n) is 5.68. The van der Waals surface area contributed by atoms with Crippen molar-refractivity contribution in [3.05, 3.63) is 81.6 Å². The van der Waals surface area contributed by atoms with Gasteiger partial charge in [0.15, 0.2) is 5.13 Å². The molecule has 2 aromatic carbocycles. The fraction of sp³-hybridized carbons (Fsp3) is 0.259. The van der Waals surface area contributed by atoms with Crippen molar-refractivity contribution >= 4 is 39.9 Å². The number of halogens is 1. The van der Waals surface area contributed by atoms with Crippen LogP contribution >= 0.6 is 11.3 Å². The minimum atomic E-state index is -1.10. The minimum Gasteiger partial charge on any atom is -0.507 e. The van der Waals surface area contributed by atoms with Gasteiger partial charge in [-0.3, -0.25) is 14.5 Å². The molecule has 3 aromatic rings. The summed E-state index contributed by atoms with van der Waals surface area (Å²) in [5, 5.41) is 11.3. The number of Topliss-reactive ketones (excluding diaryl/α,β-unsaturated/α-hetero) is 1. The Bertz CT molecular complexity index is 1360. The standard InChI is InChI=1S/C27H25FN2O6S/c1-4-14-36-19-12-8-17(9-13-19)22(31)20-21(16-6-10-18(28)11-7-16)30(25(33)23(20)32)27-29-15(3)24(37-27)26(34)35-5-2/h6-13,21,31H,4-5,14H2,1-3H3/b22-20+/t21-/m1/s1. The zero-order valence-electron chi connectivity index (χ0n) is 20.5. The lowest BCUT2D eigenvalue weighted by Crippen LogP contribution is -2.29. The first-order valence-corrected chi connectivity index (χ1v) is 12.5. The van der Waals surface area contributed by atoms with Crippen LogP contribution in [0.2, 0.25) is 0 Å². The van der Waals surface area contributed by atoms with Gasteiger partial charge < -0.3 is 14.6 Å². The number of thiazole rings is 1. The summed E-state index contributed by atoms with van der Waals surface area (Å²) < 4.78 is 24.4. The van der Waals surface area contributed by atoms with Gasteiger partial charge in [0.1, 0.15) is 22.2 Å². The number of aromatic nitrogens is 1. The van der Waals surface area contributed by atoms with E-state index in [0.717, 1.165) is 22.7 Å². The molecule has 1 atom stereocenters. The normalized spacial score (nSPS) is 16.8. The molecule has 8 nitrogen and oxygen atoms in total. The zero-order chi connectivity index (χ0) is 26.7. The number of carbonyl (C=O) groups is 3. The van der Waals surface area contributed by atoms with Crippen molar-refractivity contribution in [1.29, 1.82) is 0 Å². The summed E-state index contributed by atoms with van der Waals surface area (Å²) in [6.07, 6.45) is 0.830. The second-order valence-electron chi connectivity index (χ2n) is 8.22. The average molecular weight is 525 g/mol. The smallest absolute Gasteiger partial charge is 0.350 e. The van der Waals surface area contributed by atoms with Crippen LogP contribution in [0.5, 0.6) is 5.75 Å². The lowest BCUT2D eigenvalue weighted by molar-refractivity contribution is -0.132. The van der Waals surface area contributed by atoms with Gasteiger partial charge in [0.2, 0.25) is 0 Å². The van der Waals surface area contributed by atoms with Crippen LogP contribution < -0.4 is 9.64 Å². The summed E-state index contributed by atoms with van der Waals surface area (Å²) in [6.45, 7) is 5.94. The third kappa shape index (κ3) is 5.10. The summed E-state index contributed by atoms with van der Waals surface area (Å²) in [5.74, 6) is -2.75. The Hall–Kier alpha value is -4.05. The van der Waals surface area contributed by atoms with Gasteiger partial charge in [-0.05, 0) is 62.2 Å². The van der Waals surface area contributed by atoms with E-state index >= 15 is 0 Å². The SMILES string of the molecule is CCCOc1ccc(/C(O)=C2\C(=O)C(=O)N(c3nc(C)c(C(=O)OCC)s3)[C@@H]2c2ccc(F)cc2)cc1. The molecule has 2 heterocycles. The Balaban J connectivity index is 1.84. The molecule has 0 spiro atoms. The molecule has 0 saturated carbocycles. The second-order valence-corrected chi connectivity index (χ2v) is 9.20. The minimum absolute atomic E-state index is 0.0827. The van der Waals surface area contributed by atoms with Crippen molar-refractivity contribution in [3.63, 3.8) is 0 Å². The number of rotatable bonds is 8. The van der Waals surface area contributed by atoms with E-state index in [1.807, 2.05) is 6.92 Å². The fourth-order valence-corrected chi connectivity index (χ4v) is 4.93. The number of ketones is 1. The van der Waals surface area contributed by atoms with E-state index in [9.17, 15) is 23.9 Å². The molecule has 10 heteroatoms. The van der Waals surface area contributed by atoms with Gasteiger partial charge in [0, 0.05) is 5.56 Å². The van der Waals surface area contributed by atoms with Crippen LogP contribution in [0.15, 0.2) is 54.1 Å². The van der Waals surface area contributed by atoms with Gasteiger partial charge in [-0.2, -0.15) is 0 Å². The van der Waals surface area contributed by atoms with Crippen LogP contribution in [0, 0.1) is 12.7 Å². The van der Waals surface area contributed by atoms with E-state index in [2.05, 4.69) is 4.98 Å².